The molecule has 0 spiro atoms. The van der Waals surface area contributed by atoms with E-state index in [0.717, 1.165) is 12.1 Å². The van der Waals surface area contributed by atoms with Gasteiger partial charge in [0.2, 0.25) is 0 Å². The Kier molecular flexibility index (Phi) is 4.16. The van der Waals surface area contributed by atoms with Gasteiger partial charge in [-0.15, -0.1) is 0 Å². The average molecular weight is 248 g/mol. The summed E-state index contributed by atoms with van der Waals surface area (Å²) >= 11 is 0. The summed E-state index contributed by atoms with van der Waals surface area (Å²) in [5.41, 5.74) is -1.36. The molecule has 2 unspecified atom stereocenters. The quantitative estimate of drug-likeness (QED) is 0.830. The second-order valence-electron chi connectivity index (χ2n) is 4.04. The minimum atomic E-state index is -1.59. The highest BCUT2D eigenvalue weighted by atomic mass is 19.2. The van der Waals surface area contributed by atoms with Crippen molar-refractivity contribution >= 4 is 0 Å². The van der Waals surface area contributed by atoms with Crippen LogP contribution < -0.4 is 0 Å². The second kappa shape index (κ2) is 5.06. The van der Waals surface area contributed by atoms with Gasteiger partial charge in [0.25, 0.3) is 0 Å². The van der Waals surface area contributed by atoms with Crippen LogP contribution in [-0.2, 0) is 4.74 Å². The number of rotatable bonds is 4. The van der Waals surface area contributed by atoms with Crippen LogP contribution in [0, 0.1) is 17.5 Å². The predicted molar refractivity (Wildman–Crippen MR) is 57.0 cm³/mol. The molecule has 0 aromatic heterocycles. The van der Waals surface area contributed by atoms with Crippen molar-refractivity contribution in [2.75, 3.05) is 7.11 Å². The zero-order valence-electron chi connectivity index (χ0n) is 9.93. The molecule has 0 aliphatic carbocycles. The van der Waals surface area contributed by atoms with Crippen molar-refractivity contribution in [1.82, 2.24) is 0 Å². The molecule has 2 nitrogen and oxygen atoms in total. The number of methoxy groups -OCH3 is 1. The first kappa shape index (κ1) is 14.0. The third kappa shape index (κ3) is 2.45. The molecule has 5 heteroatoms. The molecule has 0 fully saturated rings. The zero-order chi connectivity index (χ0) is 13.2. The molecule has 2 atom stereocenters. The maximum atomic E-state index is 13.5. The molecule has 0 aliphatic heterocycles. The van der Waals surface area contributed by atoms with Crippen molar-refractivity contribution in [3.63, 3.8) is 0 Å². The van der Waals surface area contributed by atoms with Crippen LogP contribution >= 0.6 is 0 Å². The van der Waals surface area contributed by atoms with Gasteiger partial charge in [0.15, 0.2) is 17.5 Å². The number of halogens is 3. The monoisotopic (exact) mass is 248 g/mol. The van der Waals surface area contributed by atoms with Crippen molar-refractivity contribution < 1.29 is 23.0 Å². The van der Waals surface area contributed by atoms with Crippen molar-refractivity contribution in [1.29, 1.82) is 0 Å². The van der Waals surface area contributed by atoms with Crippen LogP contribution in [0.5, 0.6) is 0 Å². The van der Waals surface area contributed by atoms with Crippen LogP contribution in [0.4, 0.5) is 13.2 Å². The number of hydrogen-bond acceptors (Lipinski definition) is 2. The number of ether oxygens (including phenoxy) is 1. The van der Waals surface area contributed by atoms with Gasteiger partial charge < -0.3 is 9.84 Å². The van der Waals surface area contributed by atoms with E-state index < -0.39 is 29.2 Å². The van der Waals surface area contributed by atoms with Crippen LogP contribution in [0.3, 0.4) is 0 Å². The number of aliphatic hydroxyl groups is 1. The Balaban J connectivity index is 3.21. The molecule has 1 aromatic carbocycles. The molecular formula is C12H15F3O2. The highest BCUT2D eigenvalue weighted by Crippen LogP contribution is 2.33. The highest BCUT2D eigenvalue weighted by molar-refractivity contribution is 5.24. The lowest BCUT2D eigenvalue weighted by molar-refractivity contribution is -0.0957. The summed E-state index contributed by atoms with van der Waals surface area (Å²) in [6, 6.07) is 1.80. The molecule has 0 heterocycles. The van der Waals surface area contributed by atoms with E-state index in [1.54, 1.807) is 13.8 Å². The van der Waals surface area contributed by atoms with Crippen molar-refractivity contribution in [2.24, 2.45) is 0 Å². The van der Waals surface area contributed by atoms with Gasteiger partial charge in [-0.05, 0) is 19.4 Å². The summed E-state index contributed by atoms with van der Waals surface area (Å²) in [5.74, 6) is -4.25. The van der Waals surface area contributed by atoms with Gasteiger partial charge in [0.05, 0.1) is 5.60 Å². The summed E-state index contributed by atoms with van der Waals surface area (Å²) in [6.45, 7) is 3.31. The summed E-state index contributed by atoms with van der Waals surface area (Å²) < 4.78 is 44.4. The van der Waals surface area contributed by atoms with E-state index in [1.807, 2.05) is 0 Å². The highest BCUT2D eigenvalue weighted by Gasteiger charge is 2.35. The molecule has 0 amide bonds. The lowest BCUT2D eigenvalue weighted by Crippen LogP contribution is -2.35. The van der Waals surface area contributed by atoms with Crippen molar-refractivity contribution in [2.45, 2.75) is 32.0 Å². The summed E-state index contributed by atoms with van der Waals surface area (Å²) in [4.78, 5) is 0. The first-order valence-electron chi connectivity index (χ1n) is 5.24. The zero-order valence-corrected chi connectivity index (χ0v) is 9.93. The number of hydrogen-bond donors (Lipinski definition) is 1. The molecule has 0 radical (unpaired) electrons. The fraction of sp³-hybridized carbons (Fsp3) is 0.500. The van der Waals surface area contributed by atoms with E-state index in [0.29, 0.717) is 6.42 Å². The van der Waals surface area contributed by atoms with Gasteiger partial charge >= 0.3 is 0 Å². The summed E-state index contributed by atoms with van der Waals surface area (Å²) in [5, 5.41) is 9.98. The first-order chi connectivity index (χ1) is 7.87. The van der Waals surface area contributed by atoms with Crippen molar-refractivity contribution in [3.8, 4) is 0 Å². The van der Waals surface area contributed by atoms with E-state index in [1.165, 1.54) is 7.11 Å². The maximum Gasteiger partial charge on any atom is 0.194 e. The molecule has 1 rings (SSSR count). The van der Waals surface area contributed by atoms with Gasteiger partial charge in [-0.1, -0.05) is 13.0 Å². The van der Waals surface area contributed by atoms with Gasteiger partial charge in [-0.3, -0.25) is 0 Å². The van der Waals surface area contributed by atoms with Crippen LogP contribution in [0.2, 0.25) is 0 Å². The first-order valence-corrected chi connectivity index (χ1v) is 5.24. The van der Waals surface area contributed by atoms with E-state index in [2.05, 4.69) is 0 Å². The molecule has 0 saturated carbocycles. The molecule has 17 heavy (non-hydrogen) atoms. The number of aliphatic hydroxyl groups excluding tert-OH is 1. The Morgan fingerprint density at radius 3 is 2.35 bits per heavy atom. The van der Waals surface area contributed by atoms with Gasteiger partial charge in [-0.2, -0.15) is 0 Å². The van der Waals surface area contributed by atoms with E-state index >= 15 is 0 Å². The minimum absolute atomic E-state index is 0.310. The Morgan fingerprint density at radius 1 is 1.29 bits per heavy atom. The number of benzene rings is 1. The normalized spacial score (nSPS) is 16.6. The SMILES string of the molecule is CCC(C)(OC)C(O)c1ccc(F)c(F)c1F. The third-order valence-corrected chi connectivity index (χ3v) is 3.11. The maximum absolute atomic E-state index is 13.5. The fourth-order valence-electron chi connectivity index (χ4n) is 1.53. The molecule has 0 saturated heterocycles. The molecule has 1 aromatic rings. The van der Waals surface area contributed by atoms with E-state index in [4.69, 9.17) is 4.74 Å². The van der Waals surface area contributed by atoms with Gasteiger partial charge in [0, 0.05) is 12.7 Å². The smallest absolute Gasteiger partial charge is 0.194 e. The lowest BCUT2D eigenvalue weighted by Gasteiger charge is -2.32. The third-order valence-electron chi connectivity index (χ3n) is 3.11. The average Bonchev–Trinajstić information content (AvgIpc) is 2.34. The van der Waals surface area contributed by atoms with Crippen LogP contribution in [0.1, 0.15) is 31.9 Å². The van der Waals surface area contributed by atoms with Crippen LogP contribution in [0.15, 0.2) is 12.1 Å². The van der Waals surface area contributed by atoms with Gasteiger partial charge in [-0.25, -0.2) is 13.2 Å². The summed E-state index contributed by atoms with van der Waals surface area (Å²) in [6.07, 6.45) is -0.976. The predicted octanol–water partition coefficient (Wildman–Crippen LogP) is 2.95. The Labute approximate surface area is 98.0 Å². The molecule has 1 N–H and O–H groups in total. The molecule has 96 valence electrons. The fourth-order valence-corrected chi connectivity index (χ4v) is 1.53. The molecule has 0 bridgehead atoms. The summed E-state index contributed by atoms with van der Waals surface area (Å²) in [7, 11) is 1.37. The Morgan fingerprint density at radius 2 is 1.88 bits per heavy atom. The molecular weight excluding hydrogens is 233 g/mol. The standard InChI is InChI=1S/C12H15F3O2/c1-4-12(2,17-3)11(16)7-5-6-8(13)10(15)9(7)14/h5-6,11,16H,4H2,1-3H3. The van der Waals surface area contributed by atoms with E-state index in [9.17, 15) is 18.3 Å². The molecule has 0 aliphatic rings. The van der Waals surface area contributed by atoms with Crippen LogP contribution in [-0.4, -0.2) is 17.8 Å². The van der Waals surface area contributed by atoms with Gasteiger partial charge in [0.1, 0.15) is 6.10 Å². The second-order valence-corrected chi connectivity index (χ2v) is 4.04. The Bertz CT molecular complexity index is 403. The van der Waals surface area contributed by atoms with E-state index in [-0.39, 0.29) is 5.56 Å². The largest absolute Gasteiger partial charge is 0.385 e. The van der Waals surface area contributed by atoms with Crippen LogP contribution in [0.25, 0.3) is 0 Å². The lowest BCUT2D eigenvalue weighted by atomic mass is 9.90. The minimum Gasteiger partial charge on any atom is -0.385 e. The van der Waals surface area contributed by atoms with Crippen molar-refractivity contribution in [3.05, 3.63) is 35.1 Å². The topological polar surface area (TPSA) is 29.5 Å². The Hall–Kier alpha value is -1.07.